The molecule has 0 bridgehead atoms. The van der Waals surface area contributed by atoms with Gasteiger partial charge in [0, 0.05) is 10.7 Å². The van der Waals surface area contributed by atoms with E-state index in [1.807, 2.05) is 0 Å². The minimum absolute atomic E-state index is 0.0464. The molecule has 2 rings (SSSR count). The molecule has 0 unspecified atom stereocenters. The molecule has 0 radical (unpaired) electrons. The van der Waals surface area contributed by atoms with Crippen LogP contribution in [0, 0.1) is 5.41 Å². The van der Waals surface area contributed by atoms with Crippen LogP contribution in [0.1, 0.15) is 44.1 Å². The van der Waals surface area contributed by atoms with Gasteiger partial charge in [0.2, 0.25) is 0 Å². The molecule has 1 nitrogen and oxygen atoms in total. The Hall–Kier alpha value is -0.710. The third-order valence-electron chi connectivity index (χ3n) is 4.15. The summed E-state index contributed by atoms with van der Waals surface area (Å²) < 4.78 is 43.8. The Morgan fingerprint density at radius 1 is 1.10 bits per heavy atom. The van der Waals surface area contributed by atoms with E-state index in [1.165, 1.54) is 18.9 Å². The summed E-state index contributed by atoms with van der Waals surface area (Å²) in [6.07, 6.45) is 2.61. The number of benzene rings is 1. The van der Waals surface area contributed by atoms with Crippen LogP contribution in [0.4, 0.5) is 13.2 Å². The third kappa shape index (κ3) is 4.63. The number of hydrogen-bond acceptors (Lipinski definition) is 1. The van der Waals surface area contributed by atoms with Gasteiger partial charge < -0.3 is 4.74 Å². The SMILES string of the molecule is FC(F)(F)c1cccc(OCC2(CBr)CCCCCC2)c1. The van der Waals surface area contributed by atoms with Gasteiger partial charge in [0.1, 0.15) is 5.75 Å². The first-order chi connectivity index (χ1) is 9.95. The first kappa shape index (κ1) is 16.7. The summed E-state index contributed by atoms with van der Waals surface area (Å²) in [4.78, 5) is 0. The molecule has 1 aliphatic carbocycles. The fraction of sp³-hybridized carbons (Fsp3) is 0.625. The van der Waals surface area contributed by atoms with E-state index in [4.69, 9.17) is 4.74 Å². The van der Waals surface area contributed by atoms with Crippen molar-refractivity contribution in [3.63, 3.8) is 0 Å². The van der Waals surface area contributed by atoms with Gasteiger partial charge in [-0.25, -0.2) is 0 Å². The summed E-state index contributed by atoms with van der Waals surface area (Å²) in [5.74, 6) is 0.300. The first-order valence-electron chi connectivity index (χ1n) is 7.31. The molecule has 5 heteroatoms. The van der Waals surface area contributed by atoms with Crippen molar-refractivity contribution in [3.05, 3.63) is 29.8 Å². The fourth-order valence-electron chi connectivity index (χ4n) is 2.79. The van der Waals surface area contributed by atoms with Crippen molar-refractivity contribution in [1.82, 2.24) is 0 Å². The molecule has 0 aliphatic heterocycles. The minimum Gasteiger partial charge on any atom is -0.493 e. The number of halogens is 4. The van der Waals surface area contributed by atoms with Crippen molar-refractivity contribution in [2.24, 2.45) is 5.41 Å². The lowest BCUT2D eigenvalue weighted by Crippen LogP contribution is -2.30. The molecule has 0 amide bonds. The summed E-state index contributed by atoms with van der Waals surface area (Å²) in [7, 11) is 0. The zero-order valence-corrected chi connectivity index (χ0v) is 13.5. The first-order valence-corrected chi connectivity index (χ1v) is 8.43. The maximum atomic E-state index is 12.7. The van der Waals surface area contributed by atoms with Gasteiger partial charge in [0.15, 0.2) is 0 Å². The zero-order valence-electron chi connectivity index (χ0n) is 11.9. The second kappa shape index (κ2) is 7.03. The molecular formula is C16H20BrF3O. The van der Waals surface area contributed by atoms with Gasteiger partial charge in [-0.3, -0.25) is 0 Å². The molecule has 1 aliphatic rings. The largest absolute Gasteiger partial charge is 0.493 e. The molecule has 1 aromatic rings. The molecule has 0 saturated heterocycles. The van der Waals surface area contributed by atoms with Crippen molar-refractivity contribution in [2.75, 3.05) is 11.9 Å². The lowest BCUT2D eigenvalue weighted by Gasteiger charge is -2.30. The molecule has 21 heavy (non-hydrogen) atoms. The number of hydrogen-bond donors (Lipinski definition) is 0. The van der Waals surface area contributed by atoms with Crippen LogP contribution in [-0.4, -0.2) is 11.9 Å². The predicted molar refractivity (Wildman–Crippen MR) is 80.9 cm³/mol. The highest BCUT2D eigenvalue weighted by Crippen LogP contribution is 2.38. The Bertz CT molecular complexity index is 451. The normalized spacial score (nSPS) is 19.0. The molecule has 0 N–H and O–H groups in total. The highest BCUT2D eigenvalue weighted by atomic mass is 79.9. The standard InChI is InChI=1S/C16H20BrF3O/c17-11-15(8-3-1-2-4-9-15)12-21-14-7-5-6-13(10-14)16(18,19)20/h5-7,10H,1-4,8-9,11-12H2. The quantitative estimate of drug-likeness (QED) is 0.483. The molecule has 0 atom stereocenters. The van der Waals surface area contributed by atoms with E-state index < -0.39 is 11.7 Å². The number of alkyl halides is 4. The van der Waals surface area contributed by atoms with Crippen LogP contribution in [0.25, 0.3) is 0 Å². The maximum absolute atomic E-state index is 12.7. The number of rotatable bonds is 4. The monoisotopic (exact) mass is 364 g/mol. The van der Waals surface area contributed by atoms with Gasteiger partial charge >= 0.3 is 6.18 Å². The van der Waals surface area contributed by atoms with Crippen LogP contribution < -0.4 is 4.74 Å². The van der Waals surface area contributed by atoms with Crippen LogP contribution in [0.3, 0.4) is 0 Å². The average molecular weight is 365 g/mol. The van der Waals surface area contributed by atoms with Crippen molar-refractivity contribution >= 4 is 15.9 Å². The van der Waals surface area contributed by atoms with Crippen molar-refractivity contribution in [1.29, 1.82) is 0 Å². The second-order valence-corrected chi connectivity index (χ2v) is 6.42. The molecule has 0 heterocycles. The molecule has 0 spiro atoms. The molecule has 1 fully saturated rings. The second-order valence-electron chi connectivity index (χ2n) is 5.86. The molecule has 0 aromatic heterocycles. The van der Waals surface area contributed by atoms with Gasteiger partial charge in [-0.15, -0.1) is 0 Å². The lowest BCUT2D eigenvalue weighted by molar-refractivity contribution is -0.137. The van der Waals surface area contributed by atoms with Crippen molar-refractivity contribution < 1.29 is 17.9 Å². The van der Waals surface area contributed by atoms with E-state index in [1.54, 1.807) is 6.07 Å². The van der Waals surface area contributed by atoms with Gasteiger partial charge in [-0.1, -0.05) is 47.7 Å². The van der Waals surface area contributed by atoms with Gasteiger partial charge in [0.05, 0.1) is 12.2 Å². The van der Waals surface area contributed by atoms with Gasteiger partial charge in [-0.2, -0.15) is 13.2 Å². The summed E-state index contributed by atoms with van der Waals surface area (Å²) >= 11 is 3.56. The van der Waals surface area contributed by atoms with E-state index in [0.29, 0.717) is 12.4 Å². The maximum Gasteiger partial charge on any atom is 0.416 e. The van der Waals surface area contributed by atoms with E-state index in [0.717, 1.165) is 43.1 Å². The van der Waals surface area contributed by atoms with Crippen LogP contribution in [0.2, 0.25) is 0 Å². The van der Waals surface area contributed by atoms with Gasteiger partial charge in [0.25, 0.3) is 0 Å². The zero-order chi connectivity index (χ0) is 15.3. The Morgan fingerprint density at radius 2 is 1.76 bits per heavy atom. The van der Waals surface area contributed by atoms with Crippen LogP contribution in [0.5, 0.6) is 5.75 Å². The third-order valence-corrected chi connectivity index (χ3v) is 5.34. The fourth-order valence-corrected chi connectivity index (χ4v) is 3.52. The summed E-state index contributed by atoms with van der Waals surface area (Å²) in [5.41, 5.74) is -0.612. The molecule has 118 valence electrons. The average Bonchev–Trinajstić information content (AvgIpc) is 2.71. The van der Waals surface area contributed by atoms with Crippen LogP contribution >= 0.6 is 15.9 Å². The topological polar surface area (TPSA) is 9.23 Å². The molecule has 1 saturated carbocycles. The minimum atomic E-state index is -4.32. The molecular weight excluding hydrogens is 345 g/mol. The Labute approximate surface area is 132 Å². The molecule has 1 aromatic carbocycles. The summed E-state index contributed by atoms with van der Waals surface area (Å²) in [5, 5.41) is 0.832. The Balaban J connectivity index is 2.04. The van der Waals surface area contributed by atoms with E-state index in [-0.39, 0.29) is 5.41 Å². The summed E-state index contributed by atoms with van der Waals surface area (Å²) in [6.45, 7) is 0.472. The Kier molecular flexibility index (Phi) is 5.58. The van der Waals surface area contributed by atoms with E-state index in [9.17, 15) is 13.2 Å². The Morgan fingerprint density at radius 3 is 2.33 bits per heavy atom. The number of ether oxygens (including phenoxy) is 1. The van der Waals surface area contributed by atoms with Crippen molar-refractivity contribution in [2.45, 2.75) is 44.7 Å². The van der Waals surface area contributed by atoms with Crippen molar-refractivity contribution in [3.8, 4) is 5.75 Å². The van der Waals surface area contributed by atoms with Crippen LogP contribution in [0.15, 0.2) is 24.3 Å². The smallest absolute Gasteiger partial charge is 0.416 e. The van der Waals surface area contributed by atoms with Gasteiger partial charge in [-0.05, 0) is 31.0 Å². The highest BCUT2D eigenvalue weighted by Gasteiger charge is 2.32. The lowest BCUT2D eigenvalue weighted by atomic mass is 9.83. The highest BCUT2D eigenvalue weighted by molar-refractivity contribution is 9.09. The van der Waals surface area contributed by atoms with E-state index >= 15 is 0 Å². The summed E-state index contributed by atoms with van der Waals surface area (Å²) in [6, 6.07) is 5.14. The van der Waals surface area contributed by atoms with E-state index in [2.05, 4.69) is 15.9 Å². The van der Waals surface area contributed by atoms with Crippen LogP contribution in [-0.2, 0) is 6.18 Å². The predicted octanol–water partition coefficient (Wildman–Crippen LogP) is 5.82.